The topological polar surface area (TPSA) is 123 Å². The maximum Gasteiger partial charge on any atom is 1.00 e. The summed E-state index contributed by atoms with van der Waals surface area (Å²) < 4.78 is 31.6. The van der Waals surface area contributed by atoms with Crippen molar-refractivity contribution in [1.82, 2.24) is 0 Å². The third-order valence-corrected chi connectivity index (χ3v) is 3.12. The number of carbonyl (C=O) groups excluding carboxylic acids is 1. The van der Waals surface area contributed by atoms with Crippen LogP contribution in [-0.4, -0.2) is 28.9 Å². The van der Waals surface area contributed by atoms with Crippen LogP contribution in [0.1, 0.15) is 63.5 Å². The Morgan fingerprint density at radius 2 is 1.50 bits per heavy atom. The van der Waals surface area contributed by atoms with Crippen molar-refractivity contribution in [2.24, 2.45) is 0 Å². The van der Waals surface area contributed by atoms with Gasteiger partial charge >= 0.3 is 40.0 Å². The third kappa shape index (κ3) is 28.3. The van der Waals surface area contributed by atoms with E-state index in [4.69, 9.17) is 22.3 Å². The van der Waals surface area contributed by atoms with Crippen molar-refractivity contribution in [3.8, 4) is 0 Å². The van der Waals surface area contributed by atoms with Crippen molar-refractivity contribution in [3.05, 3.63) is 42.0 Å². The fourth-order valence-corrected chi connectivity index (χ4v) is 2.09. The summed E-state index contributed by atoms with van der Waals surface area (Å²) in [6.45, 7) is 7.20. The van der Waals surface area contributed by atoms with Crippen molar-refractivity contribution in [3.63, 3.8) is 0 Å². The van der Waals surface area contributed by atoms with Gasteiger partial charge in [-0.1, -0.05) is 65.2 Å². The van der Waals surface area contributed by atoms with Gasteiger partial charge in [-0.25, -0.2) is 4.79 Å². The molecule has 4 N–H and O–H groups in total. The number of hydrogen-bond donors (Lipinski definition) is 2. The standard InChI is InChI=1S/C16H25.C2H2O.Na.H2O4S.H2O/c1-3-5-7-11-15-13-9-10-14-16(15)12-8-6-4-2;1-2-3;;1-5(2,3)4;/h9-10,13H,3-8,11-12H2,1-2H3;1H2;;(H2,1,2,3,4);1H2/q-1;;+1;;. The summed E-state index contributed by atoms with van der Waals surface area (Å²) in [5, 5.41) is 0. The SMILES string of the molecule is C=C=O.CCCCCc1[c-]cccc1CCCCC.O.O=S(=O)(O)O.[Na+]. The average Bonchev–Trinajstić information content (AvgIpc) is 2.48. The second-order valence-electron chi connectivity index (χ2n) is 5.18. The van der Waals surface area contributed by atoms with E-state index in [1.807, 2.05) is 0 Å². The summed E-state index contributed by atoms with van der Waals surface area (Å²) in [4.78, 5) is 8.57. The second kappa shape index (κ2) is 22.5. The van der Waals surface area contributed by atoms with Crippen LogP contribution in [0.3, 0.4) is 0 Å². The number of benzene rings is 1. The van der Waals surface area contributed by atoms with E-state index in [-0.39, 0.29) is 35.0 Å². The molecule has 1 aromatic rings. The van der Waals surface area contributed by atoms with Crippen LogP contribution in [0.2, 0.25) is 0 Å². The maximum atomic E-state index is 8.74. The van der Waals surface area contributed by atoms with E-state index < -0.39 is 10.4 Å². The minimum Gasteiger partial charge on any atom is -0.412 e. The molecule has 0 fully saturated rings. The molecular weight excluding hydrogens is 367 g/mol. The van der Waals surface area contributed by atoms with Gasteiger partial charge in [0.15, 0.2) is 0 Å². The zero-order valence-electron chi connectivity index (χ0n) is 16.1. The summed E-state index contributed by atoms with van der Waals surface area (Å²) >= 11 is 0. The van der Waals surface area contributed by atoms with Crippen LogP contribution in [0.5, 0.6) is 0 Å². The molecule has 0 amide bonds. The van der Waals surface area contributed by atoms with E-state index in [1.54, 1.807) is 0 Å². The van der Waals surface area contributed by atoms with Gasteiger partial charge in [0, 0.05) is 0 Å². The molecule has 0 saturated carbocycles. The Balaban J connectivity index is -0.000000207. The number of hydrogen-bond acceptors (Lipinski definition) is 3. The van der Waals surface area contributed by atoms with Crippen molar-refractivity contribution in [1.29, 1.82) is 0 Å². The van der Waals surface area contributed by atoms with Crippen molar-refractivity contribution >= 4 is 16.3 Å². The molecule has 6 nitrogen and oxygen atoms in total. The summed E-state index contributed by atoms with van der Waals surface area (Å²) in [5.74, 6) is 1.25. The smallest absolute Gasteiger partial charge is 0.412 e. The molecule has 0 aromatic heterocycles. The first-order valence-electron chi connectivity index (χ1n) is 8.12. The second-order valence-corrected chi connectivity index (χ2v) is 6.08. The van der Waals surface area contributed by atoms with Crippen LogP contribution >= 0.6 is 0 Å². The van der Waals surface area contributed by atoms with Gasteiger partial charge in [0.05, 0.1) is 0 Å². The molecule has 0 aliphatic rings. The molecule has 0 radical (unpaired) electrons. The monoisotopic (exact) mass is 398 g/mol. The van der Waals surface area contributed by atoms with Crippen molar-refractivity contribution in [2.45, 2.75) is 65.2 Å². The molecule has 0 aliphatic heterocycles. The first kappa shape index (κ1) is 33.1. The van der Waals surface area contributed by atoms with Crippen LogP contribution < -0.4 is 29.6 Å². The molecule has 0 aliphatic carbocycles. The van der Waals surface area contributed by atoms with Gasteiger partial charge in [-0.2, -0.15) is 43.8 Å². The van der Waals surface area contributed by atoms with Gasteiger partial charge in [0.2, 0.25) is 0 Å². The van der Waals surface area contributed by atoms with Crippen molar-refractivity contribution < 1.29 is 57.4 Å². The fourth-order valence-electron chi connectivity index (χ4n) is 2.09. The van der Waals surface area contributed by atoms with Gasteiger partial charge < -0.3 is 5.48 Å². The number of aryl methyl sites for hydroxylation is 2. The predicted octanol–water partition coefficient (Wildman–Crippen LogP) is 0.483. The molecule has 0 spiro atoms. The van der Waals surface area contributed by atoms with Crippen LogP contribution in [0.4, 0.5) is 0 Å². The first-order valence-corrected chi connectivity index (χ1v) is 9.52. The molecule has 1 rings (SSSR count). The predicted molar refractivity (Wildman–Crippen MR) is 101 cm³/mol. The summed E-state index contributed by atoms with van der Waals surface area (Å²) in [7, 11) is -4.67. The van der Waals surface area contributed by atoms with Crippen LogP contribution in [-0.2, 0) is 28.0 Å². The quantitative estimate of drug-likeness (QED) is 0.217. The number of unbranched alkanes of at least 4 members (excludes halogenated alkanes) is 4. The molecule has 0 atom stereocenters. The average molecular weight is 398 g/mol. The molecule has 0 heterocycles. The van der Waals surface area contributed by atoms with Crippen LogP contribution in [0.15, 0.2) is 24.8 Å². The fraction of sp³-hybridized carbons (Fsp3) is 0.556. The third-order valence-electron chi connectivity index (χ3n) is 3.12. The molecule has 146 valence electrons. The van der Waals surface area contributed by atoms with Gasteiger partial charge in [-0.05, 0) is 6.58 Å². The van der Waals surface area contributed by atoms with Gasteiger partial charge in [0.25, 0.3) is 0 Å². The molecule has 1 aromatic carbocycles. The summed E-state index contributed by atoms with van der Waals surface area (Å²) in [6, 6.07) is 9.90. The Hall–Kier alpha value is -0.500. The minimum atomic E-state index is -4.67. The van der Waals surface area contributed by atoms with E-state index >= 15 is 0 Å². The maximum absolute atomic E-state index is 8.74. The normalized spacial score (nSPS) is 9.08. The zero-order chi connectivity index (χ0) is 18.8. The number of rotatable bonds is 8. The van der Waals surface area contributed by atoms with E-state index in [9.17, 15) is 0 Å². The summed E-state index contributed by atoms with van der Waals surface area (Å²) in [5.41, 5.74) is 3.00. The van der Waals surface area contributed by atoms with Crippen LogP contribution in [0.25, 0.3) is 0 Å². The first-order chi connectivity index (χ1) is 11.3. The Kier molecular flexibility index (Phi) is 28.7. The largest absolute Gasteiger partial charge is 1.00 e. The molecule has 0 unspecified atom stereocenters. The zero-order valence-corrected chi connectivity index (χ0v) is 18.9. The van der Waals surface area contributed by atoms with Gasteiger partial charge in [0.1, 0.15) is 5.94 Å². The van der Waals surface area contributed by atoms with E-state index in [0.717, 1.165) is 0 Å². The van der Waals surface area contributed by atoms with Gasteiger partial charge in [-0.3, -0.25) is 9.11 Å². The molecular formula is C18H31NaO6S. The molecule has 26 heavy (non-hydrogen) atoms. The minimum absolute atomic E-state index is 0. The van der Waals surface area contributed by atoms with E-state index in [2.05, 4.69) is 44.7 Å². The Morgan fingerprint density at radius 3 is 1.92 bits per heavy atom. The molecule has 8 heteroatoms. The van der Waals surface area contributed by atoms with Crippen molar-refractivity contribution in [2.75, 3.05) is 0 Å². The van der Waals surface area contributed by atoms with Gasteiger partial charge in [-0.15, -0.1) is 0 Å². The Labute approximate surface area is 180 Å². The van der Waals surface area contributed by atoms with E-state index in [0.29, 0.717) is 0 Å². The molecule has 0 saturated heterocycles. The Morgan fingerprint density at radius 1 is 1.08 bits per heavy atom. The van der Waals surface area contributed by atoms with E-state index in [1.165, 1.54) is 68.4 Å². The van der Waals surface area contributed by atoms with Crippen LogP contribution in [0, 0.1) is 6.07 Å². The molecule has 0 bridgehead atoms. The Bertz CT molecular complexity index is 518. The summed E-state index contributed by atoms with van der Waals surface area (Å²) in [6.07, 6.45) is 10.4.